The number of Topliss-reactive ketones (excluding diaryl/α,β-unsaturated/α-hetero) is 1. The van der Waals surface area contributed by atoms with E-state index < -0.39 is 5.79 Å². The summed E-state index contributed by atoms with van der Waals surface area (Å²) in [5, 5.41) is 0. The zero-order valence-corrected chi connectivity index (χ0v) is 9.60. The van der Waals surface area contributed by atoms with Gasteiger partial charge >= 0.3 is 0 Å². The first-order valence-corrected chi connectivity index (χ1v) is 5.46. The van der Waals surface area contributed by atoms with Crippen LogP contribution in [0.15, 0.2) is 30.3 Å². The summed E-state index contributed by atoms with van der Waals surface area (Å²) in [6, 6.07) is 9.27. The minimum Gasteiger partial charge on any atom is -0.350 e. The first-order valence-electron chi connectivity index (χ1n) is 5.46. The molecule has 1 fully saturated rings. The fourth-order valence-corrected chi connectivity index (χ4v) is 1.68. The van der Waals surface area contributed by atoms with Crippen molar-refractivity contribution < 1.29 is 14.3 Å². The molecule has 86 valence electrons. The number of hydrogen-bond donors (Lipinski definition) is 0. The number of carbonyl (C=O) groups excluding carboxylic acids is 1. The van der Waals surface area contributed by atoms with Crippen molar-refractivity contribution in [3.8, 4) is 0 Å². The third-order valence-corrected chi connectivity index (χ3v) is 2.69. The summed E-state index contributed by atoms with van der Waals surface area (Å²) in [5.41, 5.74) is 0.722. The summed E-state index contributed by atoms with van der Waals surface area (Å²) in [7, 11) is 0. The molecular formula is C13H16O3. The van der Waals surface area contributed by atoms with Gasteiger partial charge in [0.15, 0.2) is 11.6 Å². The minimum absolute atomic E-state index is 0.0936. The Hall–Kier alpha value is -1.19. The fraction of sp³-hybridized carbons (Fsp3) is 0.462. The summed E-state index contributed by atoms with van der Waals surface area (Å²) in [4.78, 5) is 12.1. The van der Waals surface area contributed by atoms with Crippen molar-refractivity contribution in [1.82, 2.24) is 0 Å². The molecule has 0 spiro atoms. The highest BCUT2D eigenvalue weighted by Crippen LogP contribution is 2.22. The van der Waals surface area contributed by atoms with Gasteiger partial charge in [-0.15, -0.1) is 0 Å². The van der Waals surface area contributed by atoms with Gasteiger partial charge in [0.2, 0.25) is 0 Å². The van der Waals surface area contributed by atoms with Crippen molar-refractivity contribution in [3.05, 3.63) is 35.9 Å². The Labute approximate surface area is 95.4 Å². The van der Waals surface area contributed by atoms with Gasteiger partial charge in [-0.05, 0) is 13.8 Å². The normalized spacial score (nSPS) is 20.6. The van der Waals surface area contributed by atoms with Gasteiger partial charge < -0.3 is 9.47 Å². The summed E-state index contributed by atoms with van der Waals surface area (Å²) >= 11 is 0. The second-order valence-corrected chi connectivity index (χ2v) is 4.45. The van der Waals surface area contributed by atoms with Crippen LogP contribution < -0.4 is 0 Å². The molecule has 0 aromatic heterocycles. The van der Waals surface area contributed by atoms with E-state index in [9.17, 15) is 4.79 Å². The van der Waals surface area contributed by atoms with E-state index in [1.807, 2.05) is 44.2 Å². The number of ketones is 1. The number of ether oxygens (including phenoxy) is 2. The SMILES string of the molecule is CC1(C)OCC(C(=O)c2ccccc2)CO1. The molecule has 1 aromatic rings. The molecule has 0 N–H and O–H groups in total. The quantitative estimate of drug-likeness (QED) is 0.717. The molecule has 2 rings (SSSR count). The smallest absolute Gasteiger partial charge is 0.170 e. The maximum absolute atomic E-state index is 12.1. The van der Waals surface area contributed by atoms with Crippen LogP contribution in [-0.2, 0) is 9.47 Å². The van der Waals surface area contributed by atoms with Gasteiger partial charge in [0.05, 0.1) is 19.1 Å². The molecule has 1 aliphatic heterocycles. The Bertz CT molecular complexity index is 360. The highest BCUT2D eigenvalue weighted by atomic mass is 16.7. The number of rotatable bonds is 2. The zero-order valence-electron chi connectivity index (χ0n) is 9.60. The predicted octanol–water partition coefficient (Wildman–Crippen LogP) is 2.27. The molecule has 0 aliphatic carbocycles. The minimum atomic E-state index is -0.562. The number of hydrogen-bond acceptors (Lipinski definition) is 3. The van der Waals surface area contributed by atoms with Gasteiger partial charge in [-0.2, -0.15) is 0 Å². The molecule has 1 aliphatic rings. The summed E-state index contributed by atoms with van der Waals surface area (Å²) in [5.74, 6) is -0.653. The van der Waals surface area contributed by atoms with E-state index in [0.29, 0.717) is 13.2 Å². The Morgan fingerprint density at radius 3 is 2.31 bits per heavy atom. The first kappa shape index (κ1) is 11.3. The van der Waals surface area contributed by atoms with Crippen LogP contribution >= 0.6 is 0 Å². The molecule has 0 bridgehead atoms. The molecule has 16 heavy (non-hydrogen) atoms. The molecule has 0 saturated carbocycles. The third kappa shape index (κ3) is 2.49. The fourth-order valence-electron chi connectivity index (χ4n) is 1.68. The molecule has 1 saturated heterocycles. The highest BCUT2D eigenvalue weighted by molar-refractivity contribution is 5.98. The van der Waals surface area contributed by atoms with Gasteiger partial charge in [-0.3, -0.25) is 4.79 Å². The monoisotopic (exact) mass is 220 g/mol. The van der Waals surface area contributed by atoms with Crippen LogP contribution in [0, 0.1) is 5.92 Å². The van der Waals surface area contributed by atoms with Crippen LogP contribution in [0.2, 0.25) is 0 Å². The van der Waals surface area contributed by atoms with Crippen molar-refractivity contribution in [3.63, 3.8) is 0 Å². The van der Waals surface area contributed by atoms with Gasteiger partial charge in [0, 0.05) is 5.56 Å². The van der Waals surface area contributed by atoms with E-state index >= 15 is 0 Å². The summed E-state index contributed by atoms with van der Waals surface area (Å²) in [6.07, 6.45) is 0. The molecule has 0 atom stereocenters. The zero-order chi connectivity index (χ0) is 11.6. The largest absolute Gasteiger partial charge is 0.350 e. The average molecular weight is 220 g/mol. The maximum atomic E-state index is 12.1. The number of benzene rings is 1. The van der Waals surface area contributed by atoms with Crippen LogP contribution in [0.1, 0.15) is 24.2 Å². The van der Waals surface area contributed by atoms with Crippen LogP contribution in [0.3, 0.4) is 0 Å². The average Bonchev–Trinajstić information content (AvgIpc) is 2.29. The van der Waals surface area contributed by atoms with Crippen molar-refractivity contribution in [2.24, 2.45) is 5.92 Å². The van der Waals surface area contributed by atoms with E-state index in [2.05, 4.69) is 0 Å². The van der Waals surface area contributed by atoms with E-state index in [1.54, 1.807) is 0 Å². The lowest BCUT2D eigenvalue weighted by molar-refractivity contribution is -0.255. The molecule has 0 unspecified atom stereocenters. The highest BCUT2D eigenvalue weighted by Gasteiger charge is 2.32. The van der Waals surface area contributed by atoms with Crippen LogP contribution in [0.5, 0.6) is 0 Å². The Kier molecular flexibility index (Phi) is 3.08. The molecule has 1 heterocycles. The lowest BCUT2D eigenvalue weighted by atomic mass is 9.98. The maximum Gasteiger partial charge on any atom is 0.170 e. The second-order valence-electron chi connectivity index (χ2n) is 4.45. The van der Waals surface area contributed by atoms with Crippen LogP contribution in [0.4, 0.5) is 0 Å². The molecule has 3 nitrogen and oxygen atoms in total. The van der Waals surface area contributed by atoms with E-state index in [4.69, 9.17) is 9.47 Å². The molecule has 1 aromatic carbocycles. The van der Waals surface area contributed by atoms with Crippen LogP contribution in [0.25, 0.3) is 0 Å². The Morgan fingerprint density at radius 2 is 1.75 bits per heavy atom. The van der Waals surface area contributed by atoms with E-state index in [-0.39, 0.29) is 11.7 Å². The van der Waals surface area contributed by atoms with Crippen LogP contribution in [-0.4, -0.2) is 24.8 Å². The van der Waals surface area contributed by atoms with Gasteiger partial charge in [0.25, 0.3) is 0 Å². The van der Waals surface area contributed by atoms with Crippen molar-refractivity contribution in [2.75, 3.05) is 13.2 Å². The third-order valence-electron chi connectivity index (χ3n) is 2.69. The summed E-state index contributed by atoms with van der Waals surface area (Å²) in [6.45, 7) is 4.58. The van der Waals surface area contributed by atoms with E-state index in [1.165, 1.54) is 0 Å². The Balaban J connectivity index is 2.03. The lowest BCUT2D eigenvalue weighted by Crippen LogP contribution is -2.42. The standard InChI is InChI=1S/C13H16O3/c1-13(2)15-8-11(9-16-13)12(14)10-6-4-3-5-7-10/h3-7,11H,8-9H2,1-2H3. The lowest BCUT2D eigenvalue weighted by Gasteiger charge is -2.34. The van der Waals surface area contributed by atoms with Gasteiger partial charge in [-0.1, -0.05) is 30.3 Å². The molecular weight excluding hydrogens is 204 g/mol. The van der Waals surface area contributed by atoms with Gasteiger partial charge in [-0.25, -0.2) is 0 Å². The second kappa shape index (κ2) is 4.36. The predicted molar refractivity (Wildman–Crippen MR) is 60.2 cm³/mol. The number of carbonyl (C=O) groups is 1. The molecule has 0 radical (unpaired) electrons. The first-order chi connectivity index (χ1) is 7.58. The Morgan fingerprint density at radius 1 is 1.19 bits per heavy atom. The molecule has 3 heteroatoms. The summed E-state index contributed by atoms with van der Waals surface area (Å²) < 4.78 is 11.0. The van der Waals surface area contributed by atoms with Crippen molar-refractivity contribution in [1.29, 1.82) is 0 Å². The topological polar surface area (TPSA) is 35.5 Å². The van der Waals surface area contributed by atoms with Gasteiger partial charge in [0.1, 0.15) is 0 Å². The van der Waals surface area contributed by atoms with E-state index in [0.717, 1.165) is 5.56 Å². The van der Waals surface area contributed by atoms with Crippen molar-refractivity contribution in [2.45, 2.75) is 19.6 Å². The van der Waals surface area contributed by atoms with Crippen molar-refractivity contribution >= 4 is 5.78 Å². The molecule has 0 amide bonds.